The van der Waals surface area contributed by atoms with Crippen LogP contribution in [0.4, 0.5) is 0 Å². The summed E-state index contributed by atoms with van der Waals surface area (Å²) < 4.78 is 1.78. The van der Waals surface area contributed by atoms with Crippen LogP contribution in [0.1, 0.15) is 11.4 Å². The molecule has 0 amide bonds. The van der Waals surface area contributed by atoms with E-state index in [9.17, 15) is 0 Å². The third kappa shape index (κ3) is 3.79. The Morgan fingerprint density at radius 1 is 1.42 bits per heavy atom. The molecule has 0 saturated carbocycles. The maximum atomic E-state index is 5.62. The van der Waals surface area contributed by atoms with E-state index in [2.05, 4.69) is 46.7 Å². The Morgan fingerprint density at radius 3 is 2.84 bits per heavy atom. The molecule has 0 fully saturated rings. The van der Waals surface area contributed by atoms with Gasteiger partial charge in [0.05, 0.1) is 0 Å². The minimum atomic E-state index is 0.174. The van der Waals surface area contributed by atoms with Crippen LogP contribution in [0.3, 0.4) is 0 Å². The standard InChI is InChI=1S/C13H19N5S/c1-10-5-3-4-6-12(10)19-8-11(17-14)7-13-15-9-16-18(13)2/h3-6,9,11,17H,7-8,14H2,1-2H3. The first-order valence-electron chi connectivity index (χ1n) is 6.18. The minimum Gasteiger partial charge on any atom is -0.271 e. The van der Waals surface area contributed by atoms with E-state index in [1.165, 1.54) is 10.5 Å². The maximum Gasteiger partial charge on any atom is 0.138 e. The van der Waals surface area contributed by atoms with Gasteiger partial charge >= 0.3 is 0 Å². The number of hydrogen-bond donors (Lipinski definition) is 2. The Balaban J connectivity index is 1.93. The normalized spacial score (nSPS) is 12.6. The molecule has 0 aliphatic carbocycles. The molecule has 1 unspecified atom stereocenters. The van der Waals surface area contributed by atoms with Crippen LogP contribution in [0.25, 0.3) is 0 Å². The molecule has 1 atom stereocenters. The lowest BCUT2D eigenvalue weighted by molar-refractivity contribution is 0.544. The zero-order valence-electron chi connectivity index (χ0n) is 11.2. The Hall–Kier alpha value is -1.37. The zero-order valence-corrected chi connectivity index (χ0v) is 12.0. The second-order valence-electron chi connectivity index (χ2n) is 4.44. The highest BCUT2D eigenvalue weighted by molar-refractivity contribution is 7.99. The van der Waals surface area contributed by atoms with Gasteiger partial charge in [-0.05, 0) is 18.6 Å². The number of nitrogens with zero attached hydrogens (tertiary/aromatic N) is 3. The lowest BCUT2D eigenvalue weighted by atomic mass is 10.2. The van der Waals surface area contributed by atoms with Crippen LogP contribution in [0, 0.1) is 6.92 Å². The highest BCUT2D eigenvalue weighted by Crippen LogP contribution is 2.22. The summed E-state index contributed by atoms with van der Waals surface area (Å²) in [6.45, 7) is 2.12. The number of hydrazine groups is 1. The topological polar surface area (TPSA) is 68.8 Å². The molecule has 6 heteroatoms. The Labute approximate surface area is 117 Å². The predicted molar refractivity (Wildman–Crippen MR) is 77.7 cm³/mol. The van der Waals surface area contributed by atoms with Crippen molar-refractivity contribution in [2.24, 2.45) is 12.9 Å². The van der Waals surface area contributed by atoms with Crippen molar-refractivity contribution in [3.8, 4) is 0 Å². The average Bonchev–Trinajstić information content (AvgIpc) is 2.81. The van der Waals surface area contributed by atoms with Crippen LogP contribution in [-0.4, -0.2) is 26.6 Å². The largest absolute Gasteiger partial charge is 0.271 e. The van der Waals surface area contributed by atoms with Crippen molar-refractivity contribution in [1.29, 1.82) is 0 Å². The van der Waals surface area contributed by atoms with E-state index in [1.807, 2.05) is 18.8 Å². The van der Waals surface area contributed by atoms with Crippen LogP contribution in [-0.2, 0) is 13.5 Å². The average molecular weight is 277 g/mol. The summed E-state index contributed by atoms with van der Waals surface area (Å²) in [5, 5.41) is 4.07. The Kier molecular flexibility index (Phi) is 4.95. The fraction of sp³-hybridized carbons (Fsp3) is 0.385. The third-order valence-electron chi connectivity index (χ3n) is 3.00. The number of rotatable bonds is 6. The first-order valence-corrected chi connectivity index (χ1v) is 7.16. The molecular formula is C13H19N5S. The van der Waals surface area contributed by atoms with Crippen LogP contribution in [0.15, 0.2) is 35.5 Å². The molecule has 0 spiro atoms. The number of benzene rings is 1. The zero-order chi connectivity index (χ0) is 13.7. The molecule has 3 N–H and O–H groups in total. The van der Waals surface area contributed by atoms with Gasteiger partial charge in [-0.25, -0.2) is 4.98 Å². The molecular weight excluding hydrogens is 258 g/mol. The Bertz CT molecular complexity index is 525. The minimum absolute atomic E-state index is 0.174. The van der Waals surface area contributed by atoms with E-state index in [-0.39, 0.29) is 6.04 Å². The lowest BCUT2D eigenvalue weighted by Gasteiger charge is -2.15. The highest BCUT2D eigenvalue weighted by Gasteiger charge is 2.12. The highest BCUT2D eigenvalue weighted by atomic mass is 32.2. The van der Waals surface area contributed by atoms with Gasteiger partial charge in [-0.2, -0.15) is 5.10 Å². The van der Waals surface area contributed by atoms with Crippen LogP contribution in [0.5, 0.6) is 0 Å². The van der Waals surface area contributed by atoms with E-state index in [0.29, 0.717) is 0 Å². The van der Waals surface area contributed by atoms with E-state index in [4.69, 9.17) is 5.84 Å². The summed E-state index contributed by atoms with van der Waals surface area (Å²) in [4.78, 5) is 5.52. The van der Waals surface area contributed by atoms with Crippen LogP contribution >= 0.6 is 11.8 Å². The molecule has 5 nitrogen and oxygen atoms in total. The van der Waals surface area contributed by atoms with Crippen molar-refractivity contribution >= 4 is 11.8 Å². The van der Waals surface area contributed by atoms with Gasteiger partial charge in [0.15, 0.2) is 0 Å². The van der Waals surface area contributed by atoms with Gasteiger partial charge in [-0.3, -0.25) is 16.0 Å². The van der Waals surface area contributed by atoms with Gasteiger partial charge in [0.25, 0.3) is 0 Å². The van der Waals surface area contributed by atoms with Crippen LogP contribution in [0.2, 0.25) is 0 Å². The summed E-state index contributed by atoms with van der Waals surface area (Å²) >= 11 is 1.81. The van der Waals surface area contributed by atoms with Gasteiger partial charge in [0, 0.05) is 30.2 Å². The molecule has 102 valence electrons. The number of thioether (sulfide) groups is 1. The van der Waals surface area contributed by atoms with Crippen molar-refractivity contribution in [3.63, 3.8) is 0 Å². The molecule has 2 aromatic rings. The van der Waals surface area contributed by atoms with E-state index in [1.54, 1.807) is 11.0 Å². The molecule has 1 heterocycles. The lowest BCUT2D eigenvalue weighted by Crippen LogP contribution is -2.39. The van der Waals surface area contributed by atoms with Gasteiger partial charge in [-0.15, -0.1) is 11.8 Å². The Morgan fingerprint density at radius 2 is 2.21 bits per heavy atom. The van der Waals surface area contributed by atoms with Gasteiger partial charge < -0.3 is 0 Å². The van der Waals surface area contributed by atoms with Gasteiger partial charge in [0.2, 0.25) is 0 Å². The number of nitrogens with one attached hydrogen (secondary N) is 1. The summed E-state index contributed by atoms with van der Waals surface area (Å²) in [7, 11) is 1.89. The first-order chi connectivity index (χ1) is 9.20. The van der Waals surface area contributed by atoms with Crippen molar-refractivity contribution in [1.82, 2.24) is 20.2 Å². The van der Waals surface area contributed by atoms with Crippen molar-refractivity contribution in [2.75, 3.05) is 5.75 Å². The van der Waals surface area contributed by atoms with Crippen molar-refractivity contribution < 1.29 is 0 Å². The molecule has 0 saturated heterocycles. The van der Waals surface area contributed by atoms with Crippen LogP contribution < -0.4 is 11.3 Å². The molecule has 19 heavy (non-hydrogen) atoms. The molecule has 0 aliphatic heterocycles. The molecule has 0 bridgehead atoms. The van der Waals surface area contributed by atoms with Gasteiger partial charge in [-0.1, -0.05) is 18.2 Å². The summed E-state index contributed by atoms with van der Waals surface area (Å²) in [6.07, 6.45) is 2.34. The molecule has 1 aromatic carbocycles. The number of hydrogen-bond acceptors (Lipinski definition) is 5. The number of nitrogens with two attached hydrogens (primary N) is 1. The van der Waals surface area contributed by atoms with E-state index < -0.39 is 0 Å². The quantitative estimate of drug-likeness (QED) is 0.473. The SMILES string of the molecule is Cc1ccccc1SCC(Cc1ncnn1C)NN. The number of aryl methyl sites for hydroxylation is 2. The maximum absolute atomic E-state index is 5.62. The number of aromatic nitrogens is 3. The van der Waals surface area contributed by atoms with Crippen molar-refractivity contribution in [3.05, 3.63) is 42.0 Å². The van der Waals surface area contributed by atoms with Gasteiger partial charge in [0.1, 0.15) is 12.2 Å². The molecule has 0 aliphatic rings. The monoisotopic (exact) mass is 277 g/mol. The molecule has 0 radical (unpaired) electrons. The fourth-order valence-corrected chi connectivity index (χ4v) is 2.87. The predicted octanol–water partition coefficient (Wildman–Crippen LogP) is 1.29. The fourth-order valence-electron chi connectivity index (χ4n) is 1.80. The second-order valence-corrected chi connectivity index (χ2v) is 5.51. The second kappa shape index (κ2) is 6.70. The van der Waals surface area contributed by atoms with E-state index >= 15 is 0 Å². The molecule has 2 rings (SSSR count). The summed E-state index contributed by atoms with van der Waals surface area (Å²) in [5.41, 5.74) is 4.15. The van der Waals surface area contributed by atoms with E-state index in [0.717, 1.165) is 18.0 Å². The third-order valence-corrected chi connectivity index (χ3v) is 4.34. The summed E-state index contributed by atoms with van der Waals surface area (Å²) in [5.74, 6) is 7.46. The summed E-state index contributed by atoms with van der Waals surface area (Å²) in [6, 6.07) is 8.54. The van der Waals surface area contributed by atoms with Crippen molar-refractivity contribution in [2.45, 2.75) is 24.3 Å². The smallest absolute Gasteiger partial charge is 0.138 e. The first kappa shape index (κ1) is 14.0. The molecule has 1 aromatic heterocycles.